The number of phenolic OH excluding ortho intramolecular Hbond substituents is 1. The van der Waals surface area contributed by atoms with Crippen molar-refractivity contribution in [3.8, 4) is 5.75 Å². The molecule has 4 aromatic rings. The number of hydrogen-bond donors (Lipinski definition) is 2. The first-order valence-electron chi connectivity index (χ1n) is 10.1. The van der Waals surface area contributed by atoms with E-state index < -0.39 is 11.2 Å². The van der Waals surface area contributed by atoms with Gasteiger partial charge in [-0.3, -0.25) is 18.5 Å². The van der Waals surface area contributed by atoms with Gasteiger partial charge in [0.15, 0.2) is 11.2 Å². The Morgan fingerprint density at radius 1 is 1.03 bits per heavy atom. The van der Waals surface area contributed by atoms with E-state index in [-0.39, 0.29) is 11.4 Å². The molecule has 2 heterocycles. The average molecular weight is 432 g/mol. The molecule has 0 unspecified atom stereocenters. The van der Waals surface area contributed by atoms with E-state index in [1.54, 1.807) is 35.9 Å². The van der Waals surface area contributed by atoms with E-state index in [2.05, 4.69) is 15.5 Å². The van der Waals surface area contributed by atoms with Crippen molar-refractivity contribution in [1.82, 2.24) is 18.7 Å². The lowest BCUT2D eigenvalue weighted by molar-refractivity contribution is 0.475. The topological polar surface area (TPSA) is 106 Å². The van der Waals surface area contributed by atoms with Crippen LogP contribution in [-0.4, -0.2) is 29.5 Å². The number of nitrogens with zero attached hydrogens (tertiary/aromatic N) is 5. The zero-order valence-electron chi connectivity index (χ0n) is 18.3. The molecule has 2 aromatic heterocycles. The summed E-state index contributed by atoms with van der Waals surface area (Å²) in [6, 6.07) is 14.7. The SMILES string of the molecule is CC(=NNc1nc2c(c(=O)n(C)c(=O)n2C)n1Cc1ccc(C)cc1)c1ccc(O)cc1. The third kappa shape index (κ3) is 3.80. The number of nitrogens with one attached hydrogen (secondary N) is 1. The van der Waals surface area contributed by atoms with Crippen LogP contribution in [0.5, 0.6) is 5.75 Å². The van der Waals surface area contributed by atoms with Crippen molar-refractivity contribution >= 4 is 22.8 Å². The van der Waals surface area contributed by atoms with Gasteiger partial charge >= 0.3 is 5.69 Å². The van der Waals surface area contributed by atoms with Crippen molar-refractivity contribution in [3.05, 3.63) is 86.1 Å². The molecule has 0 amide bonds. The van der Waals surface area contributed by atoms with Crippen molar-refractivity contribution in [2.75, 3.05) is 5.43 Å². The van der Waals surface area contributed by atoms with Crippen molar-refractivity contribution in [3.63, 3.8) is 0 Å². The second-order valence-electron chi connectivity index (χ2n) is 7.74. The molecule has 0 fully saturated rings. The zero-order chi connectivity index (χ0) is 23.0. The Kier molecular flexibility index (Phi) is 5.40. The first-order chi connectivity index (χ1) is 15.3. The number of fused-ring (bicyclic) bond motifs is 1. The normalized spacial score (nSPS) is 11.8. The minimum Gasteiger partial charge on any atom is -0.508 e. The van der Waals surface area contributed by atoms with Gasteiger partial charge in [0.1, 0.15) is 5.75 Å². The monoisotopic (exact) mass is 432 g/mol. The van der Waals surface area contributed by atoms with Crippen LogP contribution in [0.15, 0.2) is 63.2 Å². The number of phenols is 1. The molecule has 2 aromatic carbocycles. The molecule has 0 saturated heterocycles. The molecule has 0 aliphatic rings. The number of aromatic nitrogens is 4. The van der Waals surface area contributed by atoms with E-state index in [0.29, 0.717) is 23.7 Å². The van der Waals surface area contributed by atoms with Crippen LogP contribution in [0.1, 0.15) is 23.6 Å². The van der Waals surface area contributed by atoms with Crippen LogP contribution in [0.3, 0.4) is 0 Å². The van der Waals surface area contributed by atoms with Crippen molar-refractivity contribution in [1.29, 1.82) is 0 Å². The first-order valence-corrected chi connectivity index (χ1v) is 10.1. The van der Waals surface area contributed by atoms with E-state index in [4.69, 9.17) is 0 Å². The van der Waals surface area contributed by atoms with Gasteiger partial charge in [0.2, 0.25) is 5.95 Å². The van der Waals surface area contributed by atoms with Crippen LogP contribution in [0.2, 0.25) is 0 Å². The zero-order valence-corrected chi connectivity index (χ0v) is 18.3. The van der Waals surface area contributed by atoms with Gasteiger partial charge in [-0.25, -0.2) is 10.2 Å². The van der Waals surface area contributed by atoms with E-state index in [1.807, 2.05) is 38.1 Å². The molecule has 0 aliphatic carbocycles. The molecule has 0 atom stereocenters. The van der Waals surface area contributed by atoms with Crippen LogP contribution in [-0.2, 0) is 20.6 Å². The first kappa shape index (κ1) is 21.1. The Labute approximate surface area is 183 Å². The maximum atomic E-state index is 13.0. The summed E-state index contributed by atoms with van der Waals surface area (Å²) >= 11 is 0. The number of rotatable bonds is 5. The van der Waals surface area contributed by atoms with E-state index in [9.17, 15) is 14.7 Å². The van der Waals surface area contributed by atoms with Gasteiger partial charge < -0.3 is 5.11 Å². The van der Waals surface area contributed by atoms with Gasteiger partial charge in [0.25, 0.3) is 5.56 Å². The molecule has 0 saturated carbocycles. The molecule has 164 valence electrons. The van der Waals surface area contributed by atoms with Crippen molar-refractivity contribution in [2.24, 2.45) is 19.2 Å². The fraction of sp³-hybridized carbons (Fsp3) is 0.217. The number of hydrogen-bond acceptors (Lipinski definition) is 6. The Balaban J connectivity index is 1.84. The molecule has 0 aliphatic heterocycles. The largest absolute Gasteiger partial charge is 0.508 e. The quantitative estimate of drug-likeness (QED) is 0.372. The third-order valence-electron chi connectivity index (χ3n) is 5.42. The molecule has 0 spiro atoms. The Morgan fingerprint density at radius 3 is 2.34 bits per heavy atom. The predicted molar refractivity (Wildman–Crippen MR) is 124 cm³/mol. The third-order valence-corrected chi connectivity index (χ3v) is 5.42. The van der Waals surface area contributed by atoms with Gasteiger partial charge in [-0.15, -0.1) is 0 Å². The summed E-state index contributed by atoms with van der Waals surface area (Å²) in [5.74, 6) is 0.517. The lowest BCUT2D eigenvalue weighted by atomic mass is 10.1. The van der Waals surface area contributed by atoms with Crippen LogP contribution < -0.4 is 16.7 Å². The summed E-state index contributed by atoms with van der Waals surface area (Å²) in [5, 5.41) is 13.9. The molecule has 0 bridgehead atoms. The van der Waals surface area contributed by atoms with Crippen LogP contribution >= 0.6 is 0 Å². The fourth-order valence-corrected chi connectivity index (χ4v) is 3.46. The highest BCUT2D eigenvalue weighted by molar-refractivity contribution is 5.99. The maximum absolute atomic E-state index is 13.0. The second kappa shape index (κ2) is 8.18. The summed E-state index contributed by atoms with van der Waals surface area (Å²) in [6.45, 7) is 4.21. The summed E-state index contributed by atoms with van der Waals surface area (Å²) in [6.07, 6.45) is 0. The van der Waals surface area contributed by atoms with Gasteiger partial charge in [-0.1, -0.05) is 29.8 Å². The Bertz CT molecular complexity index is 1440. The van der Waals surface area contributed by atoms with Gasteiger partial charge in [0.05, 0.1) is 12.3 Å². The number of benzene rings is 2. The minimum absolute atomic E-state index is 0.172. The molecule has 32 heavy (non-hydrogen) atoms. The van der Waals surface area contributed by atoms with Gasteiger partial charge in [-0.05, 0) is 49.2 Å². The molecule has 9 heteroatoms. The average Bonchev–Trinajstić information content (AvgIpc) is 3.15. The lowest BCUT2D eigenvalue weighted by Gasteiger charge is -2.10. The number of hydrazone groups is 1. The maximum Gasteiger partial charge on any atom is 0.332 e. The number of aryl methyl sites for hydroxylation is 2. The fourth-order valence-electron chi connectivity index (χ4n) is 3.46. The van der Waals surface area contributed by atoms with Crippen molar-refractivity contribution < 1.29 is 5.11 Å². The molecule has 2 N–H and O–H groups in total. The lowest BCUT2D eigenvalue weighted by Crippen LogP contribution is -2.37. The van der Waals surface area contributed by atoms with Gasteiger partial charge in [0, 0.05) is 14.1 Å². The highest BCUT2D eigenvalue weighted by Crippen LogP contribution is 2.19. The number of imidazole rings is 1. The molecule has 0 radical (unpaired) electrons. The number of aromatic hydroxyl groups is 1. The van der Waals surface area contributed by atoms with Crippen LogP contribution in [0.25, 0.3) is 11.2 Å². The molecule has 4 rings (SSSR count). The second-order valence-corrected chi connectivity index (χ2v) is 7.74. The minimum atomic E-state index is -0.446. The summed E-state index contributed by atoms with van der Waals surface area (Å²) < 4.78 is 4.16. The summed E-state index contributed by atoms with van der Waals surface area (Å²) in [5.41, 5.74) is 6.28. The Morgan fingerprint density at radius 2 is 1.69 bits per heavy atom. The van der Waals surface area contributed by atoms with E-state index in [0.717, 1.165) is 21.3 Å². The predicted octanol–water partition coefficient (Wildman–Crippen LogP) is 2.33. The highest BCUT2D eigenvalue weighted by atomic mass is 16.3. The Hall–Kier alpha value is -4.14. The van der Waals surface area contributed by atoms with Crippen LogP contribution in [0, 0.1) is 6.92 Å². The standard InChI is InChI=1S/C23H24N6O3/c1-14-5-7-16(8-6-14)13-29-19-20(27(3)23(32)28(4)21(19)31)24-22(29)26-25-15(2)17-9-11-18(30)12-10-17/h5-12,30H,13H2,1-4H3,(H,24,26). The van der Waals surface area contributed by atoms with E-state index >= 15 is 0 Å². The summed E-state index contributed by atoms with van der Waals surface area (Å²) in [4.78, 5) is 29.9. The van der Waals surface area contributed by atoms with E-state index in [1.165, 1.54) is 11.6 Å². The van der Waals surface area contributed by atoms with Gasteiger partial charge in [-0.2, -0.15) is 10.1 Å². The molecular formula is C23H24N6O3. The highest BCUT2D eigenvalue weighted by Gasteiger charge is 2.19. The smallest absolute Gasteiger partial charge is 0.332 e. The molecular weight excluding hydrogens is 408 g/mol. The van der Waals surface area contributed by atoms with Crippen molar-refractivity contribution in [2.45, 2.75) is 20.4 Å². The summed E-state index contributed by atoms with van der Waals surface area (Å²) in [7, 11) is 3.04. The number of anilines is 1. The molecule has 9 nitrogen and oxygen atoms in total. The van der Waals surface area contributed by atoms with Crippen LogP contribution in [0.4, 0.5) is 5.95 Å².